The topological polar surface area (TPSA) is 84.2 Å². The number of rotatable bonds is 5. The van der Waals surface area contributed by atoms with Crippen molar-refractivity contribution in [2.75, 3.05) is 6.54 Å². The van der Waals surface area contributed by atoms with Crippen LogP contribution in [0.4, 0.5) is 4.79 Å². The van der Waals surface area contributed by atoms with E-state index in [2.05, 4.69) is 5.32 Å². The van der Waals surface area contributed by atoms with Gasteiger partial charge in [0.2, 0.25) is 5.91 Å². The van der Waals surface area contributed by atoms with Gasteiger partial charge in [-0.15, -0.1) is 0 Å². The fourth-order valence-electron chi connectivity index (χ4n) is 2.14. The highest BCUT2D eigenvalue weighted by atomic mass is 35.5. The Morgan fingerprint density at radius 2 is 1.73 bits per heavy atom. The van der Waals surface area contributed by atoms with Crippen molar-refractivity contribution >= 4 is 23.5 Å². The molecule has 6 heteroatoms. The van der Waals surface area contributed by atoms with E-state index in [1.54, 1.807) is 6.07 Å². The van der Waals surface area contributed by atoms with Crippen molar-refractivity contribution < 1.29 is 9.59 Å². The van der Waals surface area contributed by atoms with Crippen LogP contribution in [0.1, 0.15) is 17.2 Å². The molecule has 3 amide bonds. The van der Waals surface area contributed by atoms with Gasteiger partial charge in [0.25, 0.3) is 0 Å². The average molecular weight is 318 g/mol. The van der Waals surface area contributed by atoms with Crippen LogP contribution in [0, 0.1) is 0 Å². The van der Waals surface area contributed by atoms with Crippen molar-refractivity contribution in [3.05, 3.63) is 70.7 Å². The summed E-state index contributed by atoms with van der Waals surface area (Å²) in [6.07, 6.45) is 0. The van der Waals surface area contributed by atoms with Crippen molar-refractivity contribution in [3.8, 4) is 0 Å². The van der Waals surface area contributed by atoms with Crippen LogP contribution in [0.3, 0.4) is 0 Å². The van der Waals surface area contributed by atoms with E-state index >= 15 is 0 Å². The summed E-state index contributed by atoms with van der Waals surface area (Å²) in [4.78, 5) is 22.3. The molecule has 0 aliphatic heterocycles. The number of halogens is 1. The number of amides is 3. The first-order valence-corrected chi connectivity index (χ1v) is 7.07. The molecule has 0 saturated heterocycles. The number of carbonyl (C=O) groups is 2. The van der Waals surface area contributed by atoms with Crippen LogP contribution < -0.4 is 16.4 Å². The average Bonchev–Trinajstić information content (AvgIpc) is 2.48. The largest absolute Gasteiger partial charge is 0.351 e. The number of urea groups is 1. The van der Waals surface area contributed by atoms with E-state index in [1.165, 1.54) is 0 Å². The maximum Gasteiger partial charge on any atom is 0.318 e. The smallest absolute Gasteiger partial charge is 0.318 e. The molecular formula is C16H16ClN3O2. The minimum Gasteiger partial charge on any atom is -0.351 e. The first-order valence-electron chi connectivity index (χ1n) is 6.69. The Labute approximate surface area is 133 Å². The second kappa shape index (κ2) is 7.59. The molecule has 2 aromatic carbocycles. The van der Waals surface area contributed by atoms with Gasteiger partial charge in [0, 0.05) is 5.02 Å². The molecule has 114 valence electrons. The lowest BCUT2D eigenvalue weighted by molar-refractivity contribution is -0.119. The Morgan fingerprint density at radius 3 is 2.36 bits per heavy atom. The number of hydrogen-bond donors (Lipinski definition) is 3. The van der Waals surface area contributed by atoms with Crippen molar-refractivity contribution in [2.24, 2.45) is 5.73 Å². The summed E-state index contributed by atoms with van der Waals surface area (Å²) in [6.45, 7) is -0.0466. The highest BCUT2D eigenvalue weighted by molar-refractivity contribution is 6.30. The summed E-state index contributed by atoms with van der Waals surface area (Å²) >= 11 is 6.04. The normalized spacial score (nSPS) is 11.7. The lowest BCUT2D eigenvalue weighted by Crippen LogP contribution is -2.41. The fourth-order valence-corrected chi connectivity index (χ4v) is 2.33. The molecule has 0 aliphatic carbocycles. The molecule has 0 heterocycles. The Balaban J connectivity index is 2.19. The van der Waals surface area contributed by atoms with Crippen molar-refractivity contribution in [3.63, 3.8) is 0 Å². The number of imide groups is 1. The standard InChI is InChI=1S/C16H16ClN3O2/c17-13-8-4-7-12(9-13)15(11-5-2-1-3-6-11)19-10-14(21)20-16(18)22/h1-9,15,19H,10H2,(H3,18,20,21,22)/t15-/m1/s1. The van der Waals surface area contributed by atoms with Crippen LogP contribution in [0.5, 0.6) is 0 Å². The van der Waals surface area contributed by atoms with Gasteiger partial charge in [0.1, 0.15) is 0 Å². The van der Waals surface area contributed by atoms with Crippen LogP contribution in [0.25, 0.3) is 0 Å². The van der Waals surface area contributed by atoms with E-state index in [4.69, 9.17) is 17.3 Å². The van der Waals surface area contributed by atoms with Gasteiger partial charge in [0.05, 0.1) is 12.6 Å². The molecule has 4 N–H and O–H groups in total. The Hall–Kier alpha value is -2.37. The minimum absolute atomic E-state index is 0.0466. The summed E-state index contributed by atoms with van der Waals surface area (Å²) in [5.41, 5.74) is 6.83. The van der Waals surface area contributed by atoms with E-state index in [9.17, 15) is 9.59 Å². The molecule has 0 radical (unpaired) electrons. The lowest BCUT2D eigenvalue weighted by atomic mass is 9.99. The minimum atomic E-state index is -0.870. The van der Waals surface area contributed by atoms with Gasteiger partial charge in [-0.05, 0) is 23.3 Å². The molecule has 1 atom stereocenters. The second-order valence-corrected chi connectivity index (χ2v) is 5.13. The molecule has 0 saturated carbocycles. The maximum absolute atomic E-state index is 11.6. The summed E-state index contributed by atoms with van der Waals surface area (Å²) < 4.78 is 0. The fraction of sp³-hybridized carbons (Fsp3) is 0.125. The predicted octanol–water partition coefficient (Wildman–Crippen LogP) is 2.21. The van der Waals surface area contributed by atoms with E-state index in [0.29, 0.717) is 5.02 Å². The first kappa shape index (κ1) is 16.0. The zero-order valence-electron chi connectivity index (χ0n) is 11.8. The van der Waals surface area contributed by atoms with Crippen LogP contribution >= 0.6 is 11.6 Å². The zero-order chi connectivity index (χ0) is 15.9. The third kappa shape index (κ3) is 4.58. The Morgan fingerprint density at radius 1 is 1.05 bits per heavy atom. The van der Waals surface area contributed by atoms with E-state index in [-0.39, 0.29) is 12.6 Å². The quantitative estimate of drug-likeness (QED) is 0.790. The van der Waals surface area contributed by atoms with Gasteiger partial charge < -0.3 is 5.73 Å². The van der Waals surface area contributed by atoms with Gasteiger partial charge in [-0.3, -0.25) is 15.4 Å². The van der Waals surface area contributed by atoms with Gasteiger partial charge in [0.15, 0.2) is 0 Å². The number of hydrogen-bond acceptors (Lipinski definition) is 3. The highest BCUT2D eigenvalue weighted by Gasteiger charge is 2.15. The second-order valence-electron chi connectivity index (χ2n) is 4.69. The molecule has 0 fully saturated rings. The van der Waals surface area contributed by atoms with E-state index < -0.39 is 11.9 Å². The molecule has 0 aromatic heterocycles. The van der Waals surface area contributed by atoms with Crippen molar-refractivity contribution in [1.29, 1.82) is 0 Å². The van der Waals surface area contributed by atoms with E-state index in [0.717, 1.165) is 11.1 Å². The number of carbonyl (C=O) groups excluding carboxylic acids is 2. The molecule has 5 nitrogen and oxygen atoms in total. The molecule has 2 aromatic rings. The SMILES string of the molecule is NC(=O)NC(=O)CN[C@H](c1ccccc1)c1cccc(Cl)c1. The molecule has 2 rings (SSSR count). The molecule has 0 bridgehead atoms. The van der Waals surface area contributed by atoms with Gasteiger partial charge >= 0.3 is 6.03 Å². The van der Waals surface area contributed by atoms with Gasteiger partial charge in [-0.2, -0.15) is 0 Å². The number of primary amides is 1. The molecule has 0 unspecified atom stereocenters. The van der Waals surface area contributed by atoms with Crippen LogP contribution in [-0.4, -0.2) is 18.5 Å². The van der Waals surface area contributed by atoms with Crippen molar-refractivity contribution in [1.82, 2.24) is 10.6 Å². The van der Waals surface area contributed by atoms with Crippen LogP contribution in [-0.2, 0) is 4.79 Å². The Kier molecular flexibility index (Phi) is 5.52. The van der Waals surface area contributed by atoms with Crippen LogP contribution in [0.15, 0.2) is 54.6 Å². The van der Waals surface area contributed by atoms with Gasteiger partial charge in [-0.25, -0.2) is 4.79 Å². The summed E-state index contributed by atoms with van der Waals surface area (Å²) in [5, 5.41) is 5.74. The predicted molar refractivity (Wildman–Crippen MR) is 85.5 cm³/mol. The first-order chi connectivity index (χ1) is 10.6. The Bertz CT molecular complexity index is 661. The van der Waals surface area contributed by atoms with Gasteiger partial charge in [-0.1, -0.05) is 54.1 Å². The van der Waals surface area contributed by atoms with E-state index in [1.807, 2.05) is 53.8 Å². The monoisotopic (exact) mass is 317 g/mol. The third-order valence-corrected chi connectivity index (χ3v) is 3.28. The maximum atomic E-state index is 11.6. The van der Waals surface area contributed by atoms with Crippen LogP contribution in [0.2, 0.25) is 5.02 Å². The molecular weight excluding hydrogens is 302 g/mol. The molecule has 0 aliphatic rings. The number of benzene rings is 2. The van der Waals surface area contributed by atoms with Crippen molar-refractivity contribution in [2.45, 2.75) is 6.04 Å². The highest BCUT2D eigenvalue weighted by Crippen LogP contribution is 2.24. The molecule has 0 spiro atoms. The number of nitrogens with two attached hydrogens (primary N) is 1. The lowest BCUT2D eigenvalue weighted by Gasteiger charge is -2.19. The summed E-state index contributed by atoms with van der Waals surface area (Å²) in [5.74, 6) is -0.490. The number of nitrogens with one attached hydrogen (secondary N) is 2. The molecule has 22 heavy (non-hydrogen) atoms. The zero-order valence-corrected chi connectivity index (χ0v) is 12.5. The third-order valence-electron chi connectivity index (χ3n) is 3.04. The summed E-state index contributed by atoms with van der Waals surface area (Å²) in [6, 6.07) is 15.9. The summed E-state index contributed by atoms with van der Waals surface area (Å²) in [7, 11) is 0.